The molecule has 0 saturated carbocycles. The van der Waals surface area contributed by atoms with Gasteiger partial charge < -0.3 is 10.6 Å². The van der Waals surface area contributed by atoms with E-state index >= 15 is 0 Å². The first kappa shape index (κ1) is 15.7. The maximum atomic E-state index is 10.8. The van der Waals surface area contributed by atoms with Crippen molar-refractivity contribution < 1.29 is 4.92 Å². The van der Waals surface area contributed by atoms with Gasteiger partial charge in [0, 0.05) is 19.7 Å². The molecular formula is C11H18ClN3O2. The topological polar surface area (TPSA) is 67.2 Å². The number of nitro benzene ring substituents is 1. The molecule has 1 aromatic carbocycles. The van der Waals surface area contributed by atoms with Crippen molar-refractivity contribution in [1.29, 1.82) is 0 Å². The molecule has 6 heteroatoms. The highest BCUT2D eigenvalue weighted by Crippen LogP contribution is 2.24. The fourth-order valence-corrected chi connectivity index (χ4v) is 1.46. The molecule has 0 aliphatic rings. The van der Waals surface area contributed by atoms with E-state index in [0.717, 1.165) is 18.5 Å². The third-order valence-corrected chi connectivity index (χ3v) is 2.28. The molecule has 5 nitrogen and oxygen atoms in total. The molecule has 2 N–H and O–H groups in total. The average molecular weight is 260 g/mol. The second-order valence-electron chi connectivity index (χ2n) is 3.54. The van der Waals surface area contributed by atoms with E-state index in [1.54, 1.807) is 19.2 Å². The molecule has 0 atom stereocenters. The van der Waals surface area contributed by atoms with Gasteiger partial charge in [-0.3, -0.25) is 10.1 Å². The predicted molar refractivity (Wildman–Crippen MR) is 71.9 cm³/mol. The van der Waals surface area contributed by atoms with Gasteiger partial charge in [-0.15, -0.1) is 12.4 Å². The summed E-state index contributed by atoms with van der Waals surface area (Å²) >= 11 is 0. The molecule has 0 saturated heterocycles. The van der Waals surface area contributed by atoms with E-state index in [0.29, 0.717) is 12.2 Å². The van der Waals surface area contributed by atoms with Crippen LogP contribution in [0.1, 0.15) is 18.9 Å². The van der Waals surface area contributed by atoms with Crippen molar-refractivity contribution in [1.82, 2.24) is 5.32 Å². The maximum Gasteiger partial charge on any atom is 0.292 e. The van der Waals surface area contributed by atoms with Crippen LogP contribution in [0.25, 0.3) is 0 Å². The first-order valence-corrected chi connectivity index (χ1v) is 5.34. The smallest absolute Gasteiger partial charge is 0.292 e. The molecule has 17 heavy (non-hydrogen) atoms. The molecule has 0 aliphatic heterocycles. The normalized spacial score (nSPS) is 9.53. The Kier molecular flexibility index (Phi) is 7.25. The average Bonchev–Trinajstić information content (AvgIpc) is 2.29. The molecule has 0 radical (unpaired) electrons. The van der Waals surface area contributed by atoms with E-state index in [9.17, 15) is 10.1 Å². The van der Waals surface area contributed by atoms with E-state index in [2.05, 4.69) is 17.6 Å². The van der Waals surface area contributed by atoms with Crippen LogP contribution in [-0.2, 0) is 6.54 Å². The monoisotopic (exact) mass is 259 g/mol. The second kappa shape index (κ2) is 7.86. The number of nitrogens with zero attached hydrogens (tertiary/aromatic N) is 1. The molecule has 0 unspecified atom stereocenters. The Morgan fingerprint density at radius 2 is 2.12 bits per heavy atom. The van der Waals surface area contributed by atoms with Crippen molar-refractivity contribution in [3.05, 3.63) is 33.9 Å². The van der Waals surface area contributed by atoms with Gasteiger partial charge in [-0.1, -0.05) is 13.0 Å². The first-order chi connectivity index (χ1) is 7.69. The summed E-state index contributed by atoms with van der Waals surface area (Å²) in [6.45, 7) is 3.67. The zero-order valence-corrected chi connectivity index (χ0v) is 10.8. The van der Waals surface area contributed by atoms with Crippen LogP contribution in [0.2, 0.25) is 0 Å². The SMILES string of the molecule is CCCNCc1ccc(NC)c([N+](=O)[O-])c1.Cl. The number of hydrogen-bond donors (Lipinski definition) is 2. The van der Waals surface area contributed by atoms with Gasteiger partial charge in [-0.05, 0) is 24.6 Å². The maximum absolute atomic E-state index is 10.8. The van der Waals surface area contributed by atoms with Crippen LogP contribution < -0.4 is 10.6 Å². The number of hydrogen-bond acceptors (Lipinski definition) is 4. The lowest BCUT2D eigenvalue weighted by Gasteiger charge is -2.06. The Balaban J connectivity index is 0.00000256. The standard InChI is InChI=1S/C11H17N3O2.ClH/c1-3-6-13-8-9-4-5-10(12-2)11(7-9)14(15)16;/h4-5,7,12-13H,3,6,8H2,1-2H3;1H. The van der Waals surface area contributed by atoms with Crippen LogP contribution >= 0.6 is 12.4 Å². The lowest BCUT2D eigenvalue weighted by molar-refractivity contribution is -0.384. The van der Waals surface area contributed by atoms with Crippen LogP contribution in [0.3, 0.4) is 0 Å². The van der Waals surface area contributed by atoms with Crippen LogP contribution in [0, 0.1) is 10.1 Å². The van der Waals surface area contributed by atoms with Crippen molar-refractivity contribution in [3.63, 3.8) is 0 Å². The van der Waals surface area contributed by atoms with Crippen LogP contribution in [0.4, 0.5) is 11.4 Å². The van der Waals surface area contributed by atoms with Gasteiger partial charge in [0.1, 0.15) is 5.69 Å². The largest absolute Gasteiger partial charge is 0.383 e. The van der Waals surface area contributed by atoms with Crippen molar-refractivity contribution in [2.45, 2.75) is 19.9 Å². The van der Waals surface area contributed by atoms with E-state index in [-0.39, 0.29) is 23.0 Å². The number of nitro groups is 1. The molecule has 0 spiro atoms. The molecule has 0 bridgehead atoms. The van der Waals surface area contributed by atoms with Crippen molar-refractivity contribution in [2.75, 3.05) is 18.9 Å². The van der Waals surface area contributed by atoms with Crippen LogP contribution in [0.5, 0.6) is 0 Å². The fourth-order valence-electron chi connectivity index (χ4n) is 1.46. The summed E-state index contributed by atoms with van der Waals surface area (Å²) in [6.07, 6.45) is 1.05. The minimum Gasteiger partial charge on any atom is -0.383 e. The lowest BCUT2D eigenvalue weighted by Crippen LogP contribution is -2.14. The van der Waals surface area contributed by atoms with E-state index < -0.39 is 0 Å². The van der Waals surface area contributed by atoms with E-state index in [4.69, 9.17) is 0 Å². The van der Waals surface area contributed by atoms with E-state index in [1.807, 2.05) is 6.07 Å². The summed E-state index contributed by atoms with van der Waals surface area (Å²) in [6, 6.07) is 5.23. The van der Waals surface area contributed by atoms with Crippen molar-refractivity contribution >= 4 is 23.8 Å². The Morgan fingerprint density at radius 3 is 2.65 bits per heavy atom. The third kappa shape index (κ3) is 4.58. The third-order valence-electron chi connectivity index (χ3n) is 2.28. The minimum absolute atomic E-state index is 0. The Morgan fingerprint density at radius 1 is 1.41 bits per heavy atom. The quantitative estimate of drug-likeness (QED) is 0.468. The fraction of sp³-hybridized carbons (Fsp3) is 0.455. The van der Waals surface area contributed by atoms with Crippen molar-refractivity contribution in [3.8, 4) is 0 Å². The summed E-state index contributed by atoms with van der Waals surface area (Å²) < 4.78 is 0. The summed E-state index contributed by atoms with van der Waals surface area (Å²) in [7, 11) is 1.68. The molecule has 0 fully saturated rings. The summed E-state index contributed by atoms with van der Waals surface area (Å²) in [5, 5.41) is 16.8. The summed E-state index contributed by atoms with van der Waals surface area (Å²) in [5.41, 5.74) is 1.60. The highest BCUT2D eigenvalue weighted by Gasteiger charge is 2.12. The van der Waals surface area contributed by atoms with Gasteiger partial charge in [0.05, 0.1) is 4.92 Å². The second-order valence-corrected chi connectivity index (χ2v) is 3.54. The highest BCUT2D eigenvalue weighted by atomic mass is 35.5. The van der Waals surface area contributed by atoms with Gasteiger partial charge >= 0.3 is 0 Å². The van der Waals surface area contributed by atoms with Gasteiger partial charge in [0.2, 0.25) is 0 Å². The zero-order valence-electron chi connectivity index (χ0n) is 10.0. The van der Waals surface area contributed by atoms with Crippen LogP contribution in [0.15, 0.2) is 18.2 Å². The number of rotatable bonds is 6. The molecule has 1 rings (SSSR count). The Labute approximate surface area is 107 Å². The number of benzene rings is 1. The molecule has 96 valence electrons. The zero-order chi connectivity index (χ0) is 12.0. The lowest BCUT2D eigenvalue weighted by atomic mass is 10.1. The van der Waals surface area contributed by atoms with Gasteiger partial charge in [0.25, 0.3) is 5.69 Å². The molecule has 0 aliphatic carbocycles. The van der Waals surface area contributed by atoms with Gasteiger partial charge in [0.15, 0.2) is 0 Å². The van der Waals surface area contributed by atoms with Crippen molar-refractivity contribution in [2.24, 2.45) is 0 Å². The van der Waals surface area contributed by atoms with Crippen LogP contribution in [-0.4, -0.2) is 18.5 Å². The van der Waals surface area contributed by atoms with E-state index in [1.165, 1.54) is 0 Å². The number of anilines is 1. The minimum atomic E-state index is -0.366. The predicted octanol–water partition coefficient (Wildman–Crippen LogP) is 2.56. The number of halogens is 1. The Hall–Kier alpha value is -1.33. The summed E-state index contributed by atoms with van der Waals surface area (Å²) in [4.78, 5) is 10.4. The highest BCUT2D eigenvalue weighted by molar-refractivity contribution is 5.85. The molecular weight excluding hydrogens is 242 g/mol. The molecule has 0 heterocycles. The molecule has 0 aromatic heterocycles. The van der Waals surface area contributed by atoms with Gasteiger partial charge in [-0.25, -0.2) is 0 Å². The molecule has 0 amide bonds. The Bertz CT molecular complexity index is 372. The first-order valence-electron chi connectivity index (χ1n) is 5.34. The van der Waals surface area contributed by atoms with Gasteiger partial charge in [-0.2, -0.15) is 0 Å². The summed E-state index contributed by atoms with van der Waals surface area (Å²) in [5.74, 6) is 0. The molecule has 1 aromatic rings. The number of nitrogens with one attached hydrogen (secondary N) is 2.